The Bertz CT molecular complexity index is 719. The Kier molecular flexibility index (Phi) is 2.69. The van der Waals surface area contributed by atoms with Gasteiger partial charge >= 0.3 is 0 Å². The molecule has 0 radical (unpaired) electrons. The van der Waals surface area contributed by atoms with Crippen LogP contribution in [0.2, 0.25) is 10.2 Å². The topological polar surface area (TPSA) is 43.6 Å². The number of fused-ring (bicyclic) bond motifs is 1. The van der Waals surface area contributed by atoms with Gasteiger partial charge in [0.15, 0.2) is 10.8 Å². The van der Waals surface area contributed by atoms with Crippen molar-refractivity contribution in [2.24, 2.45) is 0 Å². The molecule has 3 rings (SSSR count). The van der Waals surface area contributed by atoms with E-state index in [1.54, 1.807) is 13.3 Å². The number of aryl methyl sites for hydroxylation is 1. The zero-order chi connectivity index (χ0) is 12.7. The highest BCUT2D eigenvalue weighted by atomic mass is 35.5. The normalized spacial score (nSPS) is 11.1. The number of imidazole rings is 1. The number of hydrogen-bond acceptors (Lipinski definition) is 3. The van der Waals surface area contributed by atoms with Crippen LogP contribution in [0.4, 0.5) is 0 Å². The average Bonchev–Trinajstić information content (AvgIpc) is 2.74. The van der Waals surface area contributed by atoms with E-state index < -0.39 is 0 Å². The Labute approximate surface area is 113 Å². The second-order valence-electron chi connectivity index (χ2n) is 3.82. The van der Waals surface area contributed by atoms with E-state index in [0.29, 0.717) is 27.2 Å². The summed E-state index contributed by atoms with van der Waals surface area (Å²) in [5.41, 5.74) is 2.20. The molecule has 18 heavy (non-hydrogen) atoms. The third-order valence-electron chi connectivity index (χ3n) is 2.58. The lowest BCUT2D eigenvalue weighted by molar-refractivity contribution is 1.06. The molecule has 0 unspecified atom stereocenters. The Hall–Kier alpha value is -1.65. The number of aromatic nitrogens is 4. The molecule has 0 N–H and O–H groups in total. The van der Waals surface area contributed by atoms with E-state index in [0.717, 1.165) is 5.69 Å². The van der Waals surface area contributed by atoms with Gasteiger partial charge in [0, 0.05) is 10.7 Å². The van der Waals surface area contributed by atoms with E-state index >= 15 is 0 Å². The van der Waals surface area contributed by atoms with Gasteiger partial charge in [0.1, 0.15) is 17.7 Å². The summed E-state index contributed by atoms with van der Waals surface area (Å²) >= 11 is 12.0. The SMILES string of the molecule is Cc1nc(Cl)c2c(ncn2-c2ccc(Cl)cc2)n1. The minimum atomic E-state index is 0.393. The first-order valence-corrected chi connectivity index (χ1v) is 6.04. The maximum Gasteiger partial charge on any atom is 0.182 e. The van der Waals surface area contributed by atoms with Crippen molar-refractivity contribution in [2.75, 3.05) is 0 Å². The molecule has 6 heteroatoms. The van der Waals surface area contributed by atoms with Gasteiger partial charge in [-0.25, -0.2) is 15.0 Å². The monoisotopic (exact) mass is 278 g/mol. The van der Waals surface area contributed by atoms with E-state index in [2.05, 4.69) is 15.0 Å². The number of benzene rings is 1. The van der Waals surface area contributed by atoms with E-state index in [-0.39, 0.29) is 0 Å². The molecular weight excluding hydrogens is 271 g/mol. The van der Waals surface area contributed by atoms with Crippen molar-refractivity contribution >= 4 is 34.4 Å². The van der Waals surface area contributed by atoms with E-state index in [1.807, 2.05) is 28.8 Å². The maximum atomic E-state index is 6.15. The van der Waals surface area contributed by atoms with Crippen LogP contribution in [-0.2, 0) is 0 Å². The van der Waals surface area contributed by atoms with Gasteiger partial charge in [-0.05, 0) is 31.2 Å². The average molecular weight is 279 g/mol. The maximum absolute atomic E-state index is 6.15. The van der Waals surface area contributed by atoms with Crippen LogP contribution in [0.15, 0.2) is 30.6 Å². The molecule has 0 aliphatic rings. The first kappa shape index (κ1) is 11.4. The third kappa shape index (κ3) is 1.83. The van der Waals surface area contributed by atoms with Crippen molar-refractivity contribution in [1.29, 1.82) is 0 Å². The number of nitrogens with zero attached hydrogens (tertiary/aromatic N) is 4. The number of rotatable bonds is 1. The van der Waals surface area contributed by atoms with Gasteiger partial charge in [-0.2, -0.15) is 0 Å². The summed E-state index contributed by atoms with van der Waals surface area (Å²) in [4.78, 5) is 12.6. The van der Waals surface area contributed by atoms with Gasteiger partial charge in [-0.3, -0.25) is 4.57 Å². The van der Waals surface area contributed by atoms with E-state index in [4.69, 9.17) is 23.2 Å². The molecule has 3 aromatic rings. The van der Waals surface area contributed by atoms with Crippen LogP contribution < -0.4 is 0 Å². The second kappa shape index (κ2) is 4.23. The minimum Gasteiger partial charge on any atom is -0.295 e. The first-order valence-electron chi connectivity index (χ1n) is 5.28. The van der Waals surface area contributed by atoms with Gasteiger partial charge in [0.05, 0.1) is 0 Å². The fourth-order valence-corrected chi connectivity index (χ4v) is 2.21. The molecule has 0 aliphatic carbocycles. The van der Waals surface area contributed by atoms with Crippen molar-refractivity contribution in [1.82, 2.24) is 19.5 Å². The Morgan fingerprint density at radius 2 is 1.78 bits per heavy atom. The van der Waals surface area contributed by atoms with Gasteiger partial charge in [0.2, 0.25) is 0 Å². The lowest BCUT2D eigenvalue weighted by Crippen LogP contribution is -1.95. The van der Waals surface area contributed by atoms with Crippen molar-refractivity contribution in [3.63, 3.8) is 0 Å². The molecular formula is C12H8Cl2N4. The first-order chi connectivity index (χ1) is 8.65. The summed E-state index contributed by atoms with van der Waals surface area (Å²) < 4.78 is 1.84. The van der Waals surface area contributed by atoms with Gasteiger partial charge in [0.25, 0.3) is 0 Å². The molecule has 0 saturated heterocycles. The highest BCUT2D eigenvalue weighted by molar-refractivity contribution is 6.33. The molecule has 0 fully saturated rings. The fraction of sp³-hybridized carbons (Fsp3) is 0.0833. The number of halogens is 2. The summed E-state index contributed by atoms with van der Waals surface area (Å²) in [6, 6.07) is 7.40. The zero-order valence-electron chi connectivity index (χ0n) is 9.43. The van der Waals surface area contributed by atoms with Crippen molar-refractivity contribution in [2.45, 2.75) is 6.92 Å². The van der Waals surface area contributed by atoms with Gasteiger partial charge in [-0.15, -0.1) is 0 Å². The highest BCUT2D eigenvalue weighted by Gasteiger charge is 2.11. The second-order valence-corrected chi connectivity index (χ2v) is 4.62. The Morgan fingerprint density at radius 1 is 1.06 bits per heavy atom. The standard InChI is InChI=1S/C12H8Cl2N4/c1-7-16-11(14)10-12(17-7)15-6-18(10)9-4-2-8(13)3-5-9/h2-6H,1H3. The van der Waals surface area contributed by atoms with E-state index in [9.17, 15) is 0 Å². The van der Waals surface area contributed by atoms with Crippen LogP contribution in [0.3, 0.4) is 0 Å². The molecule has 0 aliphatic heterocycles. The van der Waals surface area contributed by atoms with E-state index in [1.165, 1.54) is 0 Å². The lowest BCUT2D eigenvalue weighted by Gasteiger charge is -2.05. The molecule has 0 spiro atoms. The van der Waals surface area contributed by atoms with Crippen LogP contribution in [0.1, 0.15) is 5.82 Å². The highest BCUT2D eigenvalue weighted by Crippen LogP contribution is 2.23. The predicted octanol–water partition coefficient (Wildman–Crippen LogP) is 3.43. The fourth-order valence-electron chi connectivity index (χ4n) is 1.78. The minimum absolute atomic E-state index is 0.393. The molecule has 1 aromatic carbocycles. The Balaban J connectivity index is 2.27. The van der Waals surface area contributed by atoms with Gasteiger partial charge in [-0.1, -0.05) is 23.2 Å². The summed E-state index contributed by atoms with van der Waals surface area (Å²) in [6.45, 7) is 1.78. The summed E-state index contributed by atoms with van der Waals surface area (Å²) in [6.07, 6.45) is 1.67. The largest absolute Gasteiger partial charge is 0.295 e. The zero-order valence-corrected chi connectivity index (χ0v) is 10.9. The van der Waals surface area contributed by atoms with Crippen LogP contribution >= 0.6 is 23.2 Å². The predicted molar refractivity (Wildman–Crippen MR) is 71.4 cm³/mol. The Morgan fingerprint density at radius 3 is 2.50 bits per heavy atom. The molecule has 4 nitrogen and oxygen atoms in total. The smallest absolute Gasteiger partial charge is 0.182 e. The van der Waals surface area contributed by atoms with Crippen LogP contribution in [0, 0.1) is 6.92 Å². The van der Waals surface area contributed by atoms with Crippen molar-refractivity contribution in [3.8, 4) is 5.69 Å². The summed E-state index contributed by atoms with van der Waals surface area (Å²) in [5, 5.41) is 1.08. The summed E-state index contributed by atoms with van der Waals surface area (Å²) in [7, 11) is 0. The van der Waals surface area contributed by atoms with Crippen molar-refractivity contribution in [3.05, 3.63) is 46.6 Å². The molecule has 0 saturated carbocycles. The number of hydrogen-bond donors (Lipinski definition) is 0. The molecule has 2 aromatic heterocycles. The molecule has 0 bridgehead atoms. The van der Waals surface area contributed by atoms with Crippen LogP contribution in [-0.4, -0.2) is 19.5 Å². The molecule has 0 amide bonds. The molecule has 0 atom stereocenters. The molecule has 2 heterocycles. The van der Waals surface area contributed by atoms with Crippen LogP contribution in [0.5, 0.6) is 0 Å². The third-order valence-corrected chi connectivity index (χ3v) is 3.09. The van der Waals surface area contributed by atoms with Gasteiger partial charge < -0.3 is 0 Å². The quantitative estimate of drug-likeness (QED) is 0.641. The lowest BCUT2D eigenvalue weighted by atomic mass is 10.3. The van der Waals surface area contributed by atoms with Crippen LogP contribution in [0.25, 0.3) is 16.9 Å². The summed E-state index contributed by atoms with van der Waals surface area (Å²) in [5.74, 6) is 0.605. The van der Waals surface area contributed by atoms with Crippen molar-refractivity contribution < 1.29 is 0 Å². The molecule has 90 valence electrons.